The number of nitrogens with zero attached hydrogens (tertiary/aromatic N) is 2. The van der Waals surface area contributed by atoms with Gasteiger partial charge >= 0.3 is 0 Å². The summed E-state index contributed by atoms with van der Waals surface area (Å²) in [5.41, 5.74) is 0.798. The number of fused-ring (bicyclic) bond motifs is 1. The van der Waals surface area contributed by atoms with E-state index in [1.54, 1.807) is 0 Å². The van der Waals surface area contributed by atoms with Gasteiger partial charge in [-0.15, -0.1) is 10.2 Å². The Morgan fingerprint density at radius 1 is 0.968 bits per heavy atom. The first kappa shape index (κ1) is 20.9. The highest BCUT2D eigenvalue weighted by Gasteiger charge is 2.20. The Morgan fingerprint density at radius 2 is 1.65 bits per heavy atom. The van der Waals surface area contributed by atoms with Crippen LogP contribution in [0.4, 0.5) is 8.78 Å². The molecule has 0 bridgehead atoms. The SMILES string of the molecule is COc1cc2ccccc2cc1-c1nnc(CS(=O)(=O)Cc2ccc(C(F)F)cc2)o1. The van der Waals surface area contributed by atoms with Gasteiger partial charge in [-0.1, -0.05) is 48.5 Å². The second-order valence-corrected chi connectivity index (χ2v) is 9.04. The number of hydrogen-bond donors (Lipinski definition) is 0. The molecule has 0 aliphatic rings. The Labute approximate surface area is 177 Å². The number of aromatic nitrogens is 2. The van der Waals surface area contributed by atoms with Gasteiger partial charge in [-0.05, 0) is 28.5 Å². The minimum atomic E-state index is -3.65. The van der Waals surface area contributed by atoms with Crippen molar-refractivity contribution in [3.05, 3.63) is 77.7 Å². The van der Waals surface area contributed by atoms with E-state index in [-0.39, 0.29) is 23.1 Å². The fraction of sp³-hybridized carbons (Fsp3) is 0.182. The van der Waals surface area contributed by atoms with Crippen molar-refractivity contribution in [3.8, 4) is 17.2 Å². The zero-order chi connectivity index (χ0) is 22.0. The van der Waals surface area contributed by atoms with Gasteiger partial charge in [0.05, 0.1) is 18.4 Å². The van der Waals surface area contributed by atoms with Crippen LogP contribution in [0.25, 0.3) is 22.2 Å². The molecule has 0 amide bonds. The van der Waals surface area contributed by atoms with E-state index < -0.39 is 22.0 Å². The maximum atomic E-state index is 12.7. The Kier molecular flexibility index (Phi) is 5.69. The van der Waals surface area contributed by atoms with Gasteiger partial charge in [0.15, 0.2) is 9.84 Å². The van der Waals surface area contributed by atoms with Gasteiger partial charge in [0.1, 0.15) is 11.5 Å². The minimum absolute atomic E-state index is 0.0607. The lowest BCUT2D eigenvalue weighted by Crippen LogP contribution is -2.08. The first-order valence-electron chi connectivity index (χ1n) is 9.31. The molecule has 3 aromatic carbocycles. The Balaban J connectivity index is 1.55. The molecule has 0 radical (unpaired) electrons. The predicted octanol–water partition coefficient (Wildman–Crippen LogP) is 4.95. The van der Waals surface area contributed by atoms with Gasteiger partial charge in [-0.3, -0.25) is 0 Å². The number of halogens is 2. The summed E-state index contributed by atoms with van der Waals surface area (Å²) in [6.45, 7) is 0. The van der Waals surface area contributed by atoms with Crippen LogP contribution in [0.2, 0.25) is 0 Å². The molecule has 0 N–H and O–H groups in total. The van der Waals surface area contributed by atoms with Gasteiger partial charge in [0.25, 0.3) is 12.3 Å². The Bertz CT molecular complexity index is 1320. The van der Waals surface area contributed by atoms with Gasteiger partial charge in [0, 0.05) is 5.56 Å². The van der Waals surface area contributed by atoms with Crippen LogP contribution in [-0.4, -0.2) is 25.7 Å². The van der Waals surface area contributed by atoms with Crippen molar-refractivity contribution in [2.24, 2.45) is 0 Å². The van der Waals surface area contributed by atoms with E-state index in [1.165, 1.54) is 31.4 Å². The molecule has 0 aliphatic heterocycles. The smallest absolute Gasteiger partial charge is 0.263 e. The molecule has 1 heterocycles. The summed E-state index contributed by atoms with van der Waals surface area (Å²) in [4.78, 5) is 0. The summed E-state index contributed by atoms with van der Waals surface area (Å²) < 4.78 is 61.4. The summed E-state index contributed by atoms with van der Waals surface area (Å²) >= 11 is 0. The Morgan fingerprint density at radius 3 is 2.29 bits per heavy atom. The number of hydrogen-bond acceptors (Lipinski definition) is 6. The molecule has 0 fully saturated rings. The number of alkyl halides is 2. The lowest BCUT2D eigenvalue weighted by Gasteiger charge is -2.07. The minimum Gasteiger partial charge on any atom is -0.496 e. The third kappa shape index (κ3) is 4.72. The van der Waals surface area contributed by atoms with E-state index in [2.05, 4.69) is 10.2 Å². The lowest BCUT2D eigenvalue weighted by molar-refractivity contribution is 0.151. The number of ether oxygens (including phenoxy) is 1. The number of benzene rings is 3. The second kappa shape index (κ2) is 8.43. The maximum absolute atomic E-state index is 12.7. The summed E-state index contributed by atoms with van der Waals surface area (Å²) in [5.74, 6) is -0.181. The summed E-state index contributed by atoms with van der Waals surface area (Å²) in [6.07, 6.45) is -2.60. The number of sulfone groups is 1. The van der Waals surface area contributed by atoms with Crippen LogP contribution in [0.1, 0.15) is 23.4 Å². The van der Waals surface area contributed by atoms with Crippen molar-refractivity contribution in [2.75, 3.05) is 7.11 Å². The van der Waals surface area contributed by atoms with E-state index in [4.69, 9.17) is 9.15 Å². The van der Waals surface area contributed by atoms with Crippen LogP contribution in [0.5, 0.6) is 5.75 Å². The van der Waals surface area contributed by atoms with Crippen LogP contribution < -0.4 is 4.74 Å². The first-order chi connectivity index (χ1) is 14.8. The standard InChI is InChI=1S/C22H18F2N2O4S/c1-29-19-11-17-5-3-2-4-16(17)10-18(19)22-26-25-20(30-22)13-31(27,28)12-14-6-8-15(9-7-14)21(23)24/h2-11,21H,12-13H2,1H3. The van der Waals surface area contributed by atoms with E-state index in [0.29, 0.717) is 16.9 Å². The number of rotatable bonds is 7. The topological polar surface area (TPSA) is 82.3 Å². The van der Waals surface area contributed by atoms with Crippen LogP contribution in [-0.2, 0) is 21.3 Å². The maximum Gasteiger partial charge on any atom is 0.263 e. The van der Waals surface area contributed by atoms with E-state index in [9.17, 15) is 17.2 Å². The van der Waals surface area contributed by atoms with Crippen LogP contribution in [0, 0.1) is 0 Å². The highest BCUT2D eigenvalue weighted by Crippen LogP contribution is 2.33. The summed E-state index contributed by atoms with van der Waals surface area (Å²) in [6, 6.07) is 16.5. The van der Waals surface area contributed by atoms with E-state index in [0.717, 1.165) is 10.8 Å². The monoisotopic (exact) mass is 444 g/mol. The molecule has 160 valence electrons. The number of methoxy groups -OCH3 is 1. The average Bonchev–Trinajstić information content (AvgIpc) is 3.20. The summed E-state index contributed by atoms with van der Waals surface area (Å²) in [7, 11) is -2.13. The largest absolute Gasteiger partial charge is 0.496 e. The highest BCUT2D eigenvalue weighted by atomic mass is 32.2. The lowest BCUT2D eigenvalue weighted by atomic mass is 10.1. The molecule has 4 rings (SSSR count). The van der Waals surface area contributed by atoms with Gasteiger partial charge in [0.2, 0.25) is 5.89 Å². The quantitative estimate of drug-likeness (QED) is 0.401. The molecule has 0 saturated heterocycles. The molecule has 9 heteroatoms. The van der Waals surface area contributed by atoms with Crippen LogP contribution >= 0.6 is 0 Å². The van der Waals surface area contributed by atoms with Crippen LogP contribution in [0.15, 0.2) is 65.1 Å². The second-order valence-electron chi connectivity index (χ2n) is 6.98. The summed E-state index contributed by atoms with van der Waals surface area (Å²) in [5, 5.41) is 9.76. The first-order valence-corrected chi connectivity index (χ1v) is 11.1. The molecule has 4 aromatic rings. The van der Waals surface area contributed by atoms with Crippen molar-refractivity contribution < 1.29 is 26.4 Å². The normalized spacial score (nSPS) is 11.9. The molecular weight excluding hydrogens is 426 g/mol. The molecule has 0 unspecified atom stereocenters. The highest BCUT2D eigenvalue weighted by molar-refractivity contribution is 7.89. The van der Waals surface area contributed by atoms with Gasteiger partial charge in [-0.2, -0.15) is 0 Å². The molecule has 0 spiro atoms. The molecular formula is C22H18F2N2O4S. The fourth-order valence-corrected chi connectivity index (χ4v) is 4.52. The molecule has 0 atom stereocenters. The molecule has 31 heavy (non-hydrogen) atoms. The molecule has 0 aliphatic carbocycles. The molecule has 6 nitrogen and oxygen atoms in total. The van der Waals surface area contributed by atoms with Crippen molar-refractivity contribution >= 4 is 20.6 Å². The Hall–Kier alpha value is -3.33. The van der Waals surface area contributed by atoms with Crippen molar-refractivity contribution in [1.82, 2.24) is 10.2 Å². The van der Waals surface area contributed by atoms with Crippen molar-refractivity contribution in [2.45, 2.75) is 17.9 Å². The molecule has 0 saturated carbocycles. The predicted molar refractivity (Wildman–Crippen MR) is 112 cm³/mol. The van der Waals surface area contributed by atoms with E-state index in [1.807, 2.05) is 36.4 Å². The molecule has 1 aromatic heterocycles. The fourth-order valence-electron chi connectivity index (χ4n) is 3.23. The van der Waals surface area contributed by atoms with Crippen molar-refractivity contribution in [1.29, 1.82) is 0 Å². The van der Waals surface area contributed by atoms with Crippen LogP contribution in [0.3, 0.4) is 0 Å². The average molecular weight is 444 g/mol. The van der Waals surface area contributed by atoms with Gasteiger partial charge < -0.3 is 9.15 Å². The van der Waals surface area contributed by atoms with E-state index >= 15 is 0 Å². The van der Waals surface area contributed by atoms with Gasteiger partial charge in [-0.25, -0.2) is 17.2 Å². The third-order valence-electron chi connectivity index (χ3n) is 4.73. The zero-order valence-corrected chi connectivity index (χ0v) is 17.3. The zero-order valence-electron chi connectivity index (χ0n) is 16.5. The van der Waals surface area contributed by atoms with Crippen molar-refractivity contribution in [3.63, 3.8) is 0 Å². The third-order valence-corrected chi connectivity index (χ3v) is 6.19.